The van der Waals surface area contributed by atoms with Crippen molar-refractivity contribution in [2.75, 3.05) is 13.7 Å². The molecule has 0 aliphatic carbocycles. The van der Waals surface area contributed by atoms with Crippen molar-refractivity contribution in [3.8, 4) is 0 Å². The Labute approximate surface area is 71.1 Å². The fraction of sp³-hybridized carbons (Fsp3) is 1.00. The molecule has 1 atom stereocenters. The fourth-order valence-electron chi connectivity index (χ4n) is 1.35. The van der Waals surface area contributed by atoms with Crippen molar-refractivity contribution in [3.05, 3.63) is 0 Å². The van der Waals surface area contributed by atoms with E-state index in [4.69, 9.17) is 4.74 Å². The summed E-state index contributed by atoms with van der Waals surface area (Å²) in [6.07, 6.45) is 1.28. The minimum Gasteiger partial charge on any atom is -0.384 e. The van der Waals surface area contributed by atoms with Gasteiger partial charge in [0.05, 0.1) is 0 Å². The van der Waals surface area contributed by atoms with E-state index in [0.29, 0.717) is 0 Å². The van der Waals surface area contributed by atoms with Gasteiger partial charge in [-0.3, -0.25) is 0 Å². The fourth-order valence-corrected chi connectivity index (χ4v) is 1.35. The van der Waals surface area contributed by atoms with E-state index in [9.17, 15) is 0 Å². The minimum atomic E-state index is 0.736. The molecule has 0 aromatic carbocycles. The Kier molecular flexibility index (Phi) is 5.57. The van der Waals surface area contributed by atoms with Gasteiger partial charge in [-0.25, -0.2) is 0 Å². The number of hydrogen-bond donors (Lipinski definition) is 0. The van der Waals surface area contributed by atoms with Crippen LogP contribution in [0.15, 0.2) is 0 Å². The molecule has 0 radical (unpaired) electrons. The lowest BCUT2D eigenvalue weighted by Gasteiger charge is -2.21. The number of rotatable bonds is 5. The van der Waals surface area contributed by atoms with Gasteiger partial charge in [0.2, 0.25) is 0 Å². The van der Waals surface area contributed by atoms with E-state index in [-0.39, 0.29) is 0 Å². The van der Waals surface area contributed by atoms with Crippen molar-refractivity contribution in [2.24, 2.45) is 17.8 Å². The molecule has 0 N–H and O–H groups in total. The summed E-state index contributed by atoms with van der Waals surface area (Å²) in [6, 6.07) is 0. The monoisotopic (exact) mass is 158 g/mol. The summed E-state index contributed by atoms with van der Waals surface area (Å²) in [7, 11) is 1.79. The molecule has 0 rings (SSSR count). The molecule has 0 fully saturated rings. The molecule has 1 heteroatoms. The summed E-state index contributed by atoms with van der Waals surface area (Å²) in [4.78, 5) is 0. The van der Waals surface area contributed by atoms with E-state index >= 15 is 0 Å². The molecule has 0 saturated carbocycles. The molecule has 0 aliphatic heterocycles. The van der Waals surface area contributed by atoms with Crippen LogP contribution in [0.4, 0.5) is 0 Å². The van der Waals surface area contributed by atoms with Gasteiger partial charge in [0.25, 0.3) is 0 Å². The number of hydrogen-bond acceptors (Lipinski definition) is 1. The van der Waals surface area contributed by atoms with Crippen molar-refractivity contribution >= 4 is 0 Å². The number of methoxy groups -OCH3 is 1. The van der Waals surface area contributed by atoms with Crippen molar-refractivity contribution in [1.29, 1.82) is 0 Å². The van der Waals surface area contributed by atoms with Gasteiger partial charge in [0.1, 0.15) is 0 Å². The first kappa shape index (κ1) is 11.0. The van der Waals surface area contributed by atoms with Gasteiger partial charge in [-0.05, 0) is 24.2 Å². The Balaban J connectivity index is 3.69. The summed E-state index contributed by atoms with van der Waals surface area (Å²) in [5, 5.41) is 0. The third-order valence-electron chi connectivity index (χ3n) is 2.10. The highest BCUT2D eigenvalue weighted by atomic mass is 16.5. The Hall–Kier alpha value is -0.0400. The summed E-state index contributed by atoms with van der Waals surface area (Å²) >= 11 is 0. The van der Waals surface area contributed by atoms with Crippen LogP contribution in [0.2, 0.25) is 0 Å². The van der Waals surface area contributed by atoms with Crippen LogP contribution >= 0.6 is 0 Å². The molecular formula is C10H22O. The Bertz CT molecular complexity index is 86.9. The number of ether oxygens (including phenoxy) is 1. The summed E-state index contributed by atoms with van der Waals surface area (Å²) in [6.45, 7) is 9.99. The third kappa shape index (κ3) is 5.25. The van der Waals surface area contributed by atoms with Crippen LogP contribution in [0.5, 0.6) is 0 Å². The zero-order valence-electron chi connectivity index (χ0n) is 8.55. The first-order valence-electron chi connectivity index (χ1n) is 4.56. The third-order valence-corrected chi connectivity index (χ3v) is 2.10. The molecule has 0 aromatic heterocycles. The van der Waals surface area contributed by atoms with Crippen LogP contribution in [-0.2, 0) is 4.74 Å². The van der Waals surface area contributed by atoms with E-state index in [0.717, 1.165) is 24.4 Å². The zero-order valence-corrected chi connectivity index (χ0v) is 8.55. The average Bonchev–Trinajstić information content (AvgIpc) is 1.86. The van der Waals surface area contributed by atoms with Gasteiger partial charge in [-0.2, -0.15) is 0 Å². The van der Waals surface area contributed by atoms with Crippen LogP contribution in [0.25, 0.3) is 0 Å². The predicted octanol–water partition coefficient (Wildman–Crippen LogP) is 2.95. The van der Waals surface area contributed by atoms with Gasteiger partial charge >= 0.3 is 0 Å². The van der Waals surface area contributed by atoms with Gasteiger partial charge in [0.15, 0.2) is 0 Å². The highest BCUT2D eigenvalue weighted by Gasteiger charge is 2.14. The lowest BCUT2D eigenvalue weighted by atomic mass is 9.88. The second kappa shape index (κ2) is 5.59. The maximum atomic E-state index is 5.17. The summed E-state index contributed by atoms with van der Waals surface area (Å²) in [5.41, 5.74) is 0. The summed E-state index contributed by atoms with van der Waals surface area (Å²) in [5.74, 6) is 2.27. The molecule has 0 aromatic rings. The molecule has 1 unspecified atom stereocenters. The van der Waals surface area contributed by atoms with E-state index in [1.165, 1.54) is 6.42 Å². The standard InChI is InChI=1S/C10H22O/c1-8(2)6-10(7-11-5)9(3)4/h8-10H,6-7H2,1-5H3. The normalized spacial score (nSPS) is 14.5. The van der Waals surface area contributed by atoms with E-state index in [2.05, 4.69) is 27.7 Å². The topological polar surface area (TPSA) is 9.23 Å². The van der Waals surface area contributed by atoms with Gasteiger partial charge in [0, 0.05) is 13.7 Å². The van der Waals surface area contributed by atoms with E-state index in [1.807, 2.05) is 0 Å². The molecule has 11 heavy (non-hydrogen) atoms. The molecule has 0 heterocycles. The molecule has 0 spiro atoms. The lowest BCUT2D eigenvalue weighted by molar-refractivity contribution is 0.116. The van der Waals surface area contributed by atoms with E-state index < -0.39 is 0 Å². The molecule has 0 aliphatic rings. The zero-order chi connectivity index (χ0) is 8.85. The molecule has 68 valence electrons. The Morgan fingerprint density at radius 2 is 1.64 bits per heavy atom. The molecular weight excluding hydrogens is 136 g/mol. The van der Waals surface area contributed by atoms with Gasteiger partial charge in [-0.15, -0.1) is 0 Å². The highest BCUT2D eigenvalue weighted by Crippen LogP contribution is 2.19. The van der Waals surface area contributed by atoms with Crippen molar-refractivity contribution in [3.63, 3.8) is 0 Å². The quantitative estimate of drug-likeness (QED) is 0.597. The molecule has 1 nitrogen and oxygen atoms in total. The minimum absolute atomic E-state index is 0.736. The smallest absolute Gasteiger partial charge is 0.0493 e. The van der Waals surface area contributed by atoms with Crippen LogP contribution in [-0.4, -0.2) is 13.7 Å². The predicted molar refractivity (Wildman–Crippen MR) is 49.7 cm³/mol. The maximum Gasteiger partial charge on any atom is 0.0493 e. The van der Waals surface area contributed by atoms with Crippen LogP contribution < -0.4 is 0 Å². The second-order valence-corrected chi connectivity index (χ2v) is 4.09. The molecule has 0 bridgehead atoms. The Morgan fingerprint density at radius 3 is 1.91 bits per heavy atom. The SMILES string of the molecule is COCC(CC(C)C)C(C)C. The average molecular weight is 158 g/mol. The van der Waals surface area contributed by atoms with Gasteiger partial charge < -0.3 is 4.74 Å². The first-order chi connectivity index (χ1) is 5.07. The highest BCUT2D eigenvalue weighted by molar-refractivity contribution is 4.63. The van der Waals surface area contributed by atoms with Crippen molar-refractivity contribution in [2.45, 2.75) is 34.1 Å². The maximum absolute atomic E-state index is 5.17. The van der Waals surface area contributed by atoms with Crippen LogP contribution in [0, 0.1) is 17.8 Å². The van der Waals surface area contributed by atoms with Crippen LogP contribution in [0.1, 0.15) is 34.1 Å². The largest absolute Gasteiger partial charge is 0.384 e. The molecule has 0 amide bonds. The van der Waals surface area contributed by atoms with E-state index in [1.54, 1.807) is 7.11 Å². The molecule has 0 saturated heterocycles. The lowest BCUT2D eigenvalue weighted by Crippen LogP contribution is -2.17. The summed E-state index contributed by atoms with van der Waals surface area (Å²) < 4.78 is 5.17. The van der Waals surface area contributed by atoms with Crippen LogP contribution in [0.3, 0.4) is 0 Å². The van der Waals surface area contributed by atoms with Gasteiger partial charge in [-0.1, -0.05) is 27.7 Å². The second-order valence-electron chi connectivity index (χ2n) is 4.09. The van der Waals surface area contributed by atoms with Crippen molar-refractivity contribution < 1.29 is 4.74 Å². The Morgan fingerprint density at radius 1 is 1.09 bits per heavy atom. The first-order valence-corrected chi connectivity index (χ1v) is 4.56. The van der Waals surface area contributed by atoms with Crippen molar-refractivity contribution in [1.82, 2.24) is 0 Å².